The van der Waals surface area contributed by atoms with Gasteiger partial charge in [-0.2, -0.15) is 0 Å². The zero-order valence-corrected chi connectivity index (χ0v) is 10.3. The summed E-state index contributed by atoms with van der Waals surface area (Å²) in [5.41, 5.74) is 5.45. The van der Waals surface area contributed by atoms with Crippen molar-refractivity contribution in [3.63, 3.8) is 0 Å². The lowest BCUT2D eigenvalue weighted by atomic mass is 9.97. The summed E-state index contributed by atoms with van der Waals surface area (Å²) in [6, 6.07) is 0.274. The Kier molecular flexibility index (Phi) is 5.55. The number of piperidine rings is 1. The Labute approximate surface area is 97.7 Å². The van der Waals surface area contributed by atoms with Crippen molar-refractivity contribution in [2.45, 2.75) is 32.2 Å². The number of hydrogen-bond acceptors (Lipinski definition) is 4. The summed E-state index contributed by atoms with van der Waals surface area (Å²) in [4.78, 5) is 2.37. The molecule has 1 rings (SSSR count). The zero-order chi connectivity index (χ0) is 12.0. The van der Waals surface area contributed by atoms with Crippen LogP contribution in [0.5, 0.6) is 0 Å². The normalized spacial score (nSPS) is 22.2. The maximum Gasteiger partial charge on any atom is 0.140 e. The largest absolute Gasteiger partial charge is 0.409 e. The minimum atomic E-state index is 0.274. The Morgan fingerprint density at radius 1 is 1.56 bits per heavy atom. The fourth-order valence-corrected chi connectivity index (χ4v) is 2.06. The molecule has 0 aromatic rings. The predicted octanol–water partition coefficient (Wildman–Crippen LogP) is 0.443. The third kappa shape index (κ3) is 4.81. The van der Waals surface area contributed by atoms with Gasteiger partial charge in [-0.15, -0.1) is 0 Å². The third-order valence-corrected chi connectivity index (χ3v) is 3.24. The van der Waals surface area contributed by atoms with Crippen LogP contribution in [0, 0.1) is 5.92 Å². The van der Waals surface area contributed by atoms with Crippen LogP contribution in [0.3, 0.4) is 0 Å². The Balaban J connectivity index is 2.14. The molecule has 0 aromatic heterocycles. The number of amidine groups is 1. The van der Waals surface area contributed by atoms with Gasteiger partial charge in [0.05, 0.1) is 0 Å². The fourth-order valence-electron chi connectivity index (χ4n) is 2.06. The highest BCUT2D eigenvalue weighted by Gasteiger charge is 2.17. The number of hydrogen-bond donors (Lipinski definition) is 3. The second kappa shape index (κ2) is 6.70. The lowest BCUT2D eigenvalue weighted by molar-refractivity contribution is 0.213. The molecule has 0 saturated carbocycles. The molecule has 0 aliphatic carbocycles. The topological polar surface area (TPSA) is 73.9 Å². The van der Waals surface area contributed by atoms with Crippen molar-refractivity contribution in [3.8, 4) is 0 Å². The maximum absolute atomic E-state index is 8.46. The van der Waals surface area contributed by atoms with Crippen LogP contribution < -0.4 is 11.1 Å². The van der Waals surface area contributed by atoms with Crippen molar-refractivity contribution in [2.24, 2.45) is 16.8 Å². The highest BCUT2D eigenvalue weighted by Crippen LogP contribution is 2.14. The van der Waals surface area contributed by atoms with Crippen LogP contribution in [0.1, 0.15) is 26.2 Å². The number of nitrogens with two attached hydrogens (primary N) is 1. The van der Waals surface area contributed by atoms with E-state index in [9.17, 15) is 0 Å². The molecular formula is C11H24N4O. The first-order chi connectivity index (χ1) is 7.61. The van der Waals surface area contributed by atoms with E-state index >= 15 is 0 Å². The van der Waals surface area contributed by atoms with Gasteiger partial charge in [0.25, 0.3) is 0 Å². The fraction of sp³-hybridized carbons (Fsp3) is 0.909. The van der Waals surface area contributed by atoms with Gasteiger partial charge in [0.15, 0.2) is 0 Å². The molecule has 0 radical (unpaired) electrons. The summed E-state index contributed by atoms with van der Waals surface area (Å²) >= 11 is 0. The monoisotopic (exact) mass is 228 g/mol. The zero-order valence-electron chi connectivity index (χ0n) is 10.3. The molecule has 1 saturated heterocycles. The molecule has 0 amide bonds. The van der Waals surface area contributed by atoms with Crippen LogP contribution in [0.4, 0.5) is 0 Å². The molecule has 0 spiro atoms. The standard InChI is InChI=1S/C11H24N4O/c1-9(7-11(12)14-16)13-8-10-3-5-15(2)6-4-10/h9-10,13,16H,3-8H2,1-2H3,(H2,12,14). The van der Waals surface area contributed by atoms with E-state index in [0.717, 1.165) is 12.5 Å². The van der Waals surface area contributed by atoms with Gasteiger partial charge >= 0.3 is 0 Å². The summed E-state index contributed by atoms with van der Waals surface area (Å²) in [5, 5.41) is 14.9. The van der Waals surface area contributed by atoms with E-state index < -0.39 is 0 Å². The molecule has 0 aromatic carbocycles. The van der Waals surface area contributed by atoms with Gasteiger partial charge < -0.3 is 21.2 Å². The van der Waals surface area contributed by atoms with E-state index in [0.29, 0.717) is 12.3 Å². The van der Waals surface area contributed by atoms with E-state index in [2.05, 4.69) is 29.3 Å². The SMILES string of the molecule is CC(CC(N)=NO)NCC1CCN(C)CC1. The molecule has 5 nitrogen and oxygen atoms in total. The van der Waals surface area contributed by atoms with E-state index in [1.54, 1.807) is 0 Å². The van der Waals surface area contributed by atoms with Crippen LogP contribution in [0.2, 0.25) is 0 Å². The average Bonchev–Trinajstić information content (AvgIpc) is 2.28. The second-order valence-electron chi connectivity index (χ2n) is 4.85. The predicted molar refractivity (Wildman–Crippen MR) is 65.7 cm³/mol. The van der Waals surface area contributed by atoms with E-state index in [1.165, 1.54) is 25.9 Å². The lowest BCUT2D eigenvalue weighted by Crippen LogP contribution is -2.39. The molecule has 1 fully saturated rings. The van der Waals surface area contributed by atoms with Crippen LogP contribution in [0.25, 0.3) is 0 Å². The number of nitrogens with zero attached hydrogens (tertiary/aromatic N) is 2. The van der Waals surface area contributed by atoms with Crippen molar-refractivity contribution in [3.05, 3.63) is 0 Å². The summed E-state index contributed by atoms with van der Waals surface area (Å²) in [5.74, 6) is 1.06. The molecule has 1 aliphatic heterocycles. The molecule has 1 atom stereocenters. The molecular weight excluding hydrogens is 204 g/mol. The second-order valence-corrected chi connectivity index (χ2v) is 4.85. The molecule has 4 N–H and O–H groups in total. The summed E-state index contributed by atoms with van der Waals surface area (Å²) in [7, 11) is 2.17. The first-order valence-electron chi connectivity index (χ1n) is 6.00. The van der Waals surface area contributed by atoms with Gasteiger partial charge in [0, 0.05) is 12.5 Å². The molecule has 1 aliphatic rings. The summed E-state index contributed by atoms with van der Waals surface area (Å²) in [6.45, 7) is 5.49. The quantitative estimate of drug-likeness (QED) is 0.276. The molecule has 1 heterocycles. The number of rotatable bonds is 5. The lowest BCUT2D eigenvalue weighted by Gasteiger charge is -2.29. The van der Waals surface area contributed by atoms with Gasteiger partial charge in [0.1, 0.15) is 5.84 Å². The molecule has 16 heavy (non-hydrogen) atoms. The molecule has 94 valence electrons. The Hall–Kier alpha value is -0.810. The van der Waals surface area contributed by atoms with Gasteiger partial charge in [-0.1, -0.05) is 5.16 Å². The average molecular weight is 228 g/mol. The van der Waals surface area contributed by atoms with Crippen molar-refractivity contribution in [1.82, 2.24) is 10.2 Å². The minimum Gasteiger partial charge on any atom is -0.409 e. The maximum atomic E-state index is 8.46. The van der Waals surface area contributed by atoms with E-state index in [1.807, 2.05) is 0 Å². The number of oxime groups is 1. The highest BCUT2D eigenvalue weighted by atomic mass is 16.4. The Morgan fingerprint density at radius 3 is 2.75 bits per heavy atom. The van der Waals surface area contributed by atoms with Crippen LogP contribution in [-0.2, 0) is 0 Å². The van der Waals surface area contributed by atoms with E-state index in [-0.39, 0.29) is 6.04 Å². The third-order valence-electron chi connectivity index (χ3n) is 3.24. The first-order valence-corrected chi connectivity index (χ1v) is 6.00. The number of nitrogens with one attached hydrogen (secondary N) is 1. The van der Waals surface area contributed by atoms with Crippen molar-refractivity contribution in [1.29, 1.82) is 0 Å². The molecule has 5 heteroatoms. The smallest absolute Gasteiger partial charge is 0.140 e. The van der Waals surface area contributed by atoms with Gasteiger partial charge in [-0.25, -0.2) is 0 Å². The van der Waals surface area contributed by atoms with Gasteiger partial charge in [0.2, 0.25) is 0 Å². The summed E-state index contributed by atoms with van der Waals surface area (Å²) < 4.78 is 0. The minimum absolute atomic E-state index is 0.274. The first kappa shape index (κ1) is 13.3. The highest BCUT2D eigenvalue weighted by molar-refractivity contribution is 5.80. The van der Waals surface area contributed by atoms with E-state index in [4.69, 9.17) is 10.9 Å². The number of likely N-dealkylation sites (tertiary alicyclic amines) is 1. The Morgan fingerprint density at radius 2 is 2.19 bits per heavy atom. The van der Waals surface area contributed by atoms with Crippen LogP contribution in [-0.4, -0.2) is 48.7 Å². The molecule has 1 unspecified atom stereocenters. The van der Waals surface area contributed by atoms with Crippen LogP contribution >= 0.6 is 0 Å². The summed E-state index contributed by atoms with van der Waals surface area (Å²) in [6.07, 6.45) is 3.13. The van der Waals surface area contributed by atoms with Crippen molar-refractivity contribution >= 4 is 5.84 Å². The van der Waals surface area contributed by atoms with Gasteiger partial charge in [-0.3, -0.25) is 0 Å². The van der Waals surface area contributed by atoms with Crippen molar-refractivity contribution < 1.29 is 5.21 Å². The molecule has 0 bridgehead atoms. The Bertz CT molecular complexity index is 224. The van der Waals surface area contributed by atoms with Gasteiger partial charge in [-0.05, 0) is 52.4 Å². The van der Waals surface area contributed by atoms with Crippen molar-refractivity contribution in [2.75, 3.05) is 26.7 Å². The van der Waals surface area contributed by atoms with Crippen LogP contribution in [0.15, 0.2) is 5.16 Å².